The summed E-state index contributed by atoms with van der Waals surface area (Å²) in [5.41, 5.74) is 2.08. The van der Waals surface area contributed by atoms with Crippen LogP contribution in [0.2, 0.25) is 0 Å². The lowest BCUT2D eigenvalue weighted by Crippen LogP contribution is -2.46. The molecule has 1 aliphatic heterocycles. The maximum absolute atomic E-state index is 13.9. The van der Waals surface area contributed by atoms with Crippen molar-refractivity contribution >= 4 is 5.91 Å². The number of aromatic nitrogens is 2. The van der Waals surface area contributed by atoms with E-state index in [4.69, 9.17) is 4.74 Å². The quantitative estimate of drug-likeness (QED) is 0.525. The second-order valence-corrected chi connectivity index (χ2v) is 9.37. The number of halogens is 3. The minimum Gasteiger partial charge on any atom is -0.495 e. The molecule has 6 nitrogen and oxygen atoms in total. The van der Waals surface area contributed by atoms with E-state index in [0.717, 1.165) is 29.1 Å². The number of aliphatic hydroxyl groups is 1. The van der Waals surface area contributed by atoms with Crippen LogP contribution in [-0.4, -0.2) is 45.7 Å². The Kier molecular flexibility index (Phi) is 5.83. The number of carbonyl (C=O) groups is 1. The summed E-state index contributed by atoms with van der Waals surface area (Å²) in [5.74, 6) is -3.80. The minimum atomic E-state index is -1.57. The topological polar surface area (TPSA) is 67.6 Å². The van der Waals surface area contributed by atoms with E-state index in [0.29, 0.717) is 31.6 Å². The number of carbonyl (C=O) groups excluding carboxylic acids is 1. The zero-order valence-electron chi connectivity index (χ0n) is 19.5. The third kappa shape index (κ3) is 3.87. The summed E-state index contributed by atoms with van der Waals surface area (Å²) in [6.07, 6.45) is 5.62. The first-order valence-electron chi connectivity index (χ1n) is 11.5. The number of ether oxygens (including phenoxy) is 1. The van der Waals surface area contributed by atoms with Crippen molar-refractivity contribution < 1.29 is 27.8 Å². The maximum Gasteiger partial charge on any atom is 0.230 e. The summed E-state index contributed by atoms with van der Waals surface area (Å²) >= 11 is 0. The van der Waals surface area contributed by atoms with Gasteiger partial charge >= 0.3 is 0 Å². The number of rotatable bonds is 6. The molecule has 9 heteroatoms. The number of likely N-dealkylation sites (tertiary alicyclic amines) is 1. The zero-order valence-corrected chi connectivity index (χ0v) is 19.5. The normalized spacial score (nSPS) is 22.5. The smallest absolute Gasteiger partial charge is 0.230 e. The predicted octanol–water partition coefficient (Wildman–Crippen LogP) is 4.44. The van der Waals surface area contributed by atoms with Crippen LogP contribution in [0.3, 0.4) is 0 Å². The van der Waals surface area contributed by atoms with Gasteiger partial charge in [0, 0.05) is 12.7 Å². The fourth-order valence-corrected chi connectivity index (χ4v) is 5.44. The molecule has 1 amide bonds. The molecule has 2 heterocycles. The number of aliphatic hydroxyl groups excluding tert-OH is 1. The fraction of sp³-hybridized carbons (Fsp3) is 0.385. The molecule has 2 aromatic carbocycles. The summed E-state index contributed by atoms with van der Waals surface area (Å²) in [5, 5.41) is 10.0. The van der Waals surface area contributed by atoms with E-state index in [1.165, 1.54) is 4.90 Å². The molecule has 184 valence electrons. The first-order chi connectivity index (χ1) is 16.8. The van der Waals surface area contributed by atoms with Crippen molar-refractivity contribution in [3.05, 3.63) is 77.1 Å². The van der Waals surface area contributed by atoms with Gasteiger partial charge in [-0.15, -0.1) is 0 Å². The number of benzene rings is 2. The van der Waals surface area contributed by atoms with Gasteiger partial charge in [0.1, 0.15) is 5.75 Å². The standard InChI is InChI=1S/C26H26F3N3O3/c1-15-12-31(14-30-15)21-5-4-16(10-23(21)35-2)18-11-26(18)6-3-7-32(25(26)34)22(13-33)17-8-19(27)24(29)20(28)9-17/h4-5,8-10,12,14,18,22,33H,3,6-7,11,13H2,1-2H3. The number of aryl methyl sites for hydroxylation is 1. The number of hydrogen-bond acceptors (Lipinski definition) is 4. The molecule has 1 saturated heterocycles. The van der Waals surface area contributed by atoms with Crippen molar-refractivity contribution in [1.82, 2.24) is 14.5 Å². The van der Waals surface area contributed by atoms with Gasteiger partial charge in [-0.3, -0.25) is 4.79 Å². The maximum atomic E-state index is 13.9. The number of nitrogens with zero attached hydrogens (tertiary/aromatic N) is 3. The van der Waals surface area contributed by atoms with E-state index in [1.54, 1.807) is 13.4 Å². The van der Waals surface area contributed by atoms with E-state index in [-0.39, 0.29) is 17.4 Å². The largest absolute Gasteiger partial charge is 0.495 e. The van der Waals surface area contributed by atoms with E-state index < -0.39 is 35.5 Å². The van der Waals surface area contributed by atoms with Crippen LogP contribution in [-0.2, 0) is 4.79 Å². The van der Waals surface area contributed by atoms with Crippen LogP contribution in [0.15, 0.2) is 42.9 Å². The van der Waals surface area contributed by atoms with Gasteiger partial charge in [0.2, 0.25) is 5.91 Å². The Labute approximate surface area is 201 Å². The van der Waals surface area contributed by atoms with Crippen molar-refractivity contribution in [2.24, 2.45) is 5.41 Å². The van der Waals surface area contributed by atoms with Crippen molar-refractivity contribution in [3.8, 4) is 11.4 Å². The number of hydrogen-bond donors (Lipinski definition) is 1. The van der Waals surface area contributed by atoms with Crippen LogP contribution in [0, 0.1) is 29.8 Å². The van der Waals surface area contributed by atoms with Crippen molar-refractivity contribution in [3.63, 3.8) is 0 Å². The molecule has 3 atom stereocenters. The third-order valence-corrected chi connectivity index (χ3v) is 7.32. The predicted molar refractivity (Wildman–Crippen MR) is 122 cm³/mol. The summed E-state index contributed by atoms with van der Waals surface area (Å²) in [6.45, 7) is 1.73. The summed E-state index contributed by atoms with van der Waals surface area (Å²) < 4.78 is 48.7. The molecule has 2 aliphatic rings. The molecule has 0 radical (unpaired) electrons. The van der Waals surface area contributed by atoms with Gasteiger partial charge in [-0.25, -0.2) is 18.2 Å². The molecule has 1 N–H and O–H groups in total. The van der Waals surface area contributed by atoms with Crippen LogP contribution in [0.4, 0.5) is 13.2 Å². The second kappa shape index (κ2) is 8.71. The SMILES string of the molecule is COc1cc(C2CC23CCCN(C(CO)c2cc(F)c(F)c(F)c2)C3=O)ccc1-n1cnc(C)c1. The first-order valence-corrected chi connectivity index (χ1v) is 11.5. The van der Waals surface area contributed by atoms with Crippen LogP contribution in [0.5, 0.6) is 5.75 Å². The molecule has 1 aromatic heterocycles. The Morgan fingerprint density at radius 3 is 2.60 bits per heavy atom. The lowest BCUT2D eigenvalue weighted by molar-refractivity contribution is -0.144. The van der Waals surface area contributed by atoms with Crippen molar-refractivity contribution in [2.75, 3.05) is 20.3 Å². The second-order valence-electron chi connectivity index (χ2n) is 9.37. The third-order valence-electron chi connectivity index (χ3n) is 7.32. The number of methoxy groups -OCH3 is 1. The number of piperidine rings is 1. The Morgan fingerprint density at radius 2 is 1.97 bits per heavy atom. The summed E-state index contributed by atoms with van der Waals surface area (Å²) in [6, 6.07) is 6.59. The van der Waals surface area contributed by atoms with E-state index >= 15 is 0 Å². The Hall–Kier alpha value is -3.33. The molecule has 1 aliphatic carbocycles. The zero-order chi connectivity index (χ0) is 24.9. The number of imidazole rings is 1. The van der Waals surface area contributed by atoms with Crippen LogP contribution in [0.25, 0.3) is 5.69 Å². The van der Waals surface area contributed by atoms with Gasteiger partial charge in [0.25, 0.3) is 0 Å². The molecule has 3 unspecified atom stereocenters. The fourth-order valence-electron chi connectivity index (χ4n) is 5.44. The Morgan fingerprint density at radius 1 is 1.23 bits per heavy atom. The molecule has 1 saturated carbocycles. The highest BCUT2D eigenvalue weighted by Crippen LogP contribution is 2.65. The molecule has 1 spiro atoms. The lowest BCUT2D eigenvalue weighted by Gasteiger charge is -2.38. The minimum absolute atomic E-state index is 0.0353. The van der Waals surface area contributed by atoms with Gasteiger partial charge in [-0.2, -0.15) is 0 Å². The van der Waals surface area contributed by atoms with Gasteiger partial charge in [-0.05, 0) is 67.5 Å². The highest BCUT2D eigenvalue weighted by molar-refractivity contribution is 5.88. The lowest BCUT2D eigenvalue weighted by atomic mass is 9.87. The average Bonchev–Trinajstić information content (AvgIpc) is 3.41. The highest BCUT2D eigenvalue weighted by Gasteiger charge is 2.63. The Balaban J connectivity index is 1.42. The molecule has 5 rings (SSSR count). The molecule has 0 bridgehead atoms. The van der Waals surface area contributed by atoms with Gasteiger partial charge < -0.3 is 19.3 Å². The van der Waals surface area contributed by atoms with Gasteiger partial charge in [0.05, 0.1) is 42.9 Å². The van der Waals surface area contributed by atoms with E-state index in [2.05, 4.69) is 4.98 Å². The van der Waals surface area contributed by atoms with Crippen molar-refractivity contribution in [1.29, 1.82) is 0 Å². The highest BCUT2D eigenvalue weighted by atomic mass is 19.2. The van der Waals surface area contributed by atoms with Gasteiger partial charge in [-0.1, -0.05) is 6.07 Å². The van der Waals surface area contributed by atoms with E-state index in [1.807, 2.05) is 35.9 Å². The first kappa shape index (κ1) is 23.4. The molecule has 2 fully saturated rings. The van der Waals surface area contributed by atoms with Crippen LogP contribution >= 0.6 is 0 Å². The Bertz CT molecular complexity index is 1270. The van der Waals surface area contributed by atoms with Gasteiger partial charge in [0.15, 0.2) is 17.5 Å². The van der Waals surface area contributed by atoms with Crippen LogP contribution < -0.4 is 4.74 Å². The van der Waals surface area contributed by atoms with E-state index in [9.17, 15) is 23.1 Å². The summed E-state index contributed by atoms with van der Waals surface area (Å²) in [7, 11) is 1.59. The molecule has 3 aromatic rings. The monoisotopic (exact) mass is 485 g/mol. The van der Waals surface area contributed by atoms with Crippen LogP contribution in [0.1, 0.15) is 48.0 Å². The number of amides is 1. The molecule has 35 heavy (non-hydrogen) atoms. The molecular weight excluding hydrogens is 459 g/mol. The average molecular weight is 486 g/mol. The van der Waals surface area contributed by atoms with Crippen molar-refractivity contribution in [2.45, 2.75) is 38.1 Å². The molecular formula is C26H26F3N3O3. The summed E-state index contributed by atoms with van der Waals surface area (Å²) in [4.78, 5) is 19.4.